The summed E-state index contributed by atoms with van der Waals surface area (Å²) in [5.41, 5.74) is -0.767. The van der Waals surface area contributed by atoms with Crippen LogP contribution in [0.4, 0.5) is 0 Å². The molecule has 4 aromatic rings. The quantitative estimate of drug-likeness (QED) is 0.280. The van der Waals surface area contributed by atoms with Gasteiger partial charge in [0.25, 0.3) is 0 Å². The van der Waals surface area contributed by atoms with Gasteiger partial charge in [-0.3, -0.25) is 0 Å². The van der Waals surface area contributed by atoms with E-state index < -0.39 is 39.8 Å². The number of hydrogen-bond donors (Lipinski definition) is 3. The van der Waals surface area contributed by atoms with E-state index in [0.29, 0.717) is 6.29 Å². The van der Waals surface area contributed by atoms with Crippen molar-refractivity contribution in [1.82, 2.24) is 0 Å². The zero-order valence-electron chi connectivity index (χ0n) is 20.2. The summed E-state index contributed by atoms with van der Waals surface area (Å²) in [6, 6.07) is 10.0. The van der Waals surface area contributed by atoms with E-state index in [4.69, 9.17) is 13.9 Å². The minimum absolute atomic E-state index is 0.137. The number of fused-ring (bicyclic) bond motifs is 2. The Labute approximate surface area is 201 Å². The predicted octanol–water partition coefficient (Wildman–Crippen LogP) is 4.50. The van der Waals surface area contributed by atoms with Crippen LogP contribution in [0, 0.1) is 0 Å². The lowest BCUT2D eigenvalue weighted by Gasteiger charge is -2.15. The van der Waals surface area contributed by atoms with Crippen LogP contribution in [0.3, 0.4) is 0 Å². The smallest absolute Gasteiger partial charge is 0.344 e. The maximum Gasteiger partial charge on any atom is 0.344 e. The van der Waals surface area contributed by atoms with Crippen molar-refractivity contribution < 1.29 is 28.9 Å². The SMILES string of the molecule is CC(C)c1ccc2oc(=O)c(C(C=O)c3c(O)c4cc(C(C)C)ccc4oc3=O)c(O)c2c1.CO. The van der Waals surface area contributed by atoms with Crippen LogP contribution in [0.25, 0.3) is 21.9 Å². The zero-order chi connectivity index (χ0) is 26.0. The maximum absolute atomic E-state index is 12.8. The van der Waals surface area contributed by atoms with Gasteiger partial charge in [-0.25, -0.2) is 9.59 Å². The van der Waals surface area contributed by atoms with Crippen LogP contribution in [-0.2, 0) is 4.79 Å². The molecule has 0 atom stereocenters. The summed E-state index contributed by atoms with van der Waals surface area (Å²) in [5.74, 6) is -2.27. The number of benzene rings is 2. The fourth-order valence-corrected chi connectivity index (χ4v) is 3.98. The minimum Gasteiger partial charge on any atom is -0.507 e. The molecule has 0 saturated heterocycles. The van der Waals surface area contributed by atoms with Crippen molar-refractivity contribution in [3.8, 4) is 11.5 Å². The second-order valence-corrected chi connectivity index (χ2v) is 8.74. The molecule has 0 aliphatic carbocycles. The van der Waals surface area contributed by atoms with Gasteiger partial charge in [-0.15, -0.1) is 0 Å². The largest absolute Gasteiger partial charge is 0.507 e. The number of hydrogen-bond acceptors (Lipinski definition) is 8. The van der Waals surface area contributed by atoms with Gasteiger partial charge in [-0.2, -0.15) is 0 Å². The third kappa shape index (κ3) is 4.57. The van der Waals surface area contributed by atoms with Crippen LogP contribution in [0.2, 0.25) is 0 Å². The van der Waals surface area contributed by atoms with Gasteiger partial charge in [0.2, 0.25) is 0 Å². The summed E-state index contributed by atoms with van der Waals surface area (Å²) in [5, 5.41) is 29.4. The monoisotopic (exact) mass is 480 g/mol. The Morgan fingerprint density at radius 2 is 1.09 bits per heavy atom. The number of carbonyl (C=O) groups excluding carboxylic acids is 1. The number of carbonyl (C=O) groups is 1. The molecule has 35 heavy (non-hydrogen) atoms. The Balaban J connectivity index is 0.00000167. The molecule has 0 fully saturated rings. The van der Waals surface area contributed by atoms with Gasteiger partial charge in [0.15, 0.2) is 0 Å². The van der Waals surface area contributed by atoms with Gasteiger partial charge in [0.05, 0.1) is 27.8 Å². The highest BCUT2D eigenvalue weighted by atomic mass is 16.4. The van der Waals surface area contributed by atoms with Gasteiger partial charge < -0.3 is 28.9 Å². The molecule has 2 aromatic carbocycles. The molecule has 0 amide bonds. The number of rotatable bonds is 5. The van der Waals surface area contributed by atoms with Gasteiger partial charge in [0.1, 0.15) is 29.0 Å². The summed E-state index contributed by atoms with van der Waals surface area (Å²) in [7, 11) is 1.00. The fourth-order valence-electron chi connectivity index (χ4n) is 3.98. The average Bonchev–Trinajstić information content (AvgIpc) is 2.83. The van der Waals surface area contributed by atoms with Crippen molar-refractivity contribution >= 4 is 28.2 Å². The van der Waals surface area contributed by atoms with E-state index in [1.807, 2.05) is 27.7 Å². The molecular formula is C27H28O8. The fraction of sp³-hybridized carbons (Fsp3) is 0.296. The minimum atomic E-state index is -1.59. The topological polar surface area (TPSA) is 138 Å². The first kappa shape index (κ1) is 25.7. The van der Waals surface area contributed by atoms with Crippen molar-refractivity contribution in [3.63, 3.8) is 0 Å². The molecule has 8 heteroatoms. The molecule has 0 aliphatic rings. The second-order valence-electron chi connectivity index (χ2n) is 8.74. The Kier molecular flexibility index (Phi) is 7.45. The normalized spacial score (nSPS) is 11.3. The molecule has 184 valence electrons. The molecule has 3 N–H and O–H groups in total. The molecule has 8 nitrogen and oxygen atoms in total. The van der Waals surface area contributed by atoms with Crippen LogP contribution in [0.1, 0.15) is 67.7 Å². The van der Waals surface area contributed by atoms with Crippen LogP contribution in [-0.4, -0.2) is 28.7 Å². The summed E-state index contributed by atoms with van der Waals surface area (Å²) < 4.78 is 10.7. The highest BCUT2D eigenvalue weighted by Crippen LogP contribution is 2.38. The van der Waals surface area contributed by atoms with Gasteiger partial charge in [-0.1, -0.05) is 39.8 Å². The van der Waals surface area contributed by atoms with Gasteiger partial charge >= 0.3 is 11.3 Å². The molecule has 0 bridgehead atoms. The Hall–Kier alpha value is -3.91. The van der Waals surface area contributed by atoms with E-state index in [1.54, 1.807) is 36.4 Å². The van der Waals surface area contributed by atoms with E-state index in [9.17, 15) is 24.6 Å². The highest BCUT2D eigenvalue weighted by Gasteiger charge is 2.31. The summed E-state index contributed by atoms with van der Waals surface area (Å²) in [4.78, 5) is 37.7. The Bertz CT molecular complexity index is 1400. The first-order valence-corrected chi connectivity index (χ1v) is 11.1. The van der Waals surface area contributed by atoms with Crippen molar-refractivity contribution in [2.75, 3.05) is 7.11 Å². The lowest BCUT2D eigenvalue weighted by atomic mass is 9.90. The molecule has 0 radical (unpaired) electrons. The predicted molar refractivity (Wildman–Crippen MR) is 133 cm³/mol. The standard InChI is InChI=1S/C26H24O7.CH4O/c1-12(2)14-5-7-19-16(9-14)23(28)21(25(30)32-19)18(11-27)22-24(29)17-10-15(13(3)4)6-8-20(17)33-26(22)31;1-2/h5-13,18,28-29H,1-4H3;2H,1H3. The summed E-state index contributed by atoms with van der Waals surface area (Å²) in [6.45, 7) is 7.87. The molecule has 0 unspecified atom stereocenters. The van der Waals surface area contributed by atoms with E-state index in [2.05, 4.69) is 0 Å². The number of aldehydes is 1. The summed E-state index contributed by atoms with van der Waals surface area (Å²) in [6.07, 6.45) is 0.314. The molecule has 0 aliphatic heterocycles. The third-order valence-electron chi connectivity index (χ3n) is 5.96. The van der Waals surface area contributed by atoms with Crippen molar-refractivity contribution in [1.29, 1.82) is 0 Å². The molecule has 0 saturated carbocycles. The number of aliphatic hydroxyl groups is 1. The second kappa shape index (κ2) is 10.1. The number of aromatic hydroxyl groups is 2. The van der Waals surface area contributed by atoms with E-state index in [-0.39, 0.29) is 33.8 Å². The lowest BCUT2D eigenvalue weighted by molar-refractivity contribution is -0.108. The Morgan fingerprint density at radius 1 is 0.714 bits per heavy atom. The number of aliphatic hydroxyl groups excluding tert-OH is 1. The highest BCUT2D eigenvalue weighted by molar-refractivity contribution is 5.90. The molecule has 0 spiro atoms. The molecule has 2 aromatic heterocycles. The van der Waals surface area contributed by atoms with Gasteiger partial charge in [0, 0.05) is 7.11 Å². The molecular weight excluding hydrogens is 452 g/mol. The molecule has 2 heterocycles. The first-order valence-electron chi connectivity index (χ1n) is 11.1. The van der Waals surface area contributed by atoms with Crippen molar-refractivity contribution in [2.24, 2.45) is 0 Å². The van der Waals surface area contributed by atoms with E-state index in [0.717, 1.165) is 18.2 Å². The van der Waals surface area contributed by atoms with Crippen LogP contribution < -0.4 is 11.3 Å². The van der Waals surface area contributed by atoms with E-state index >= 15 is 0 Å². The average molecular weight is 481 g/mol. The van der Waals surface area contributed by atoms with Crippen LogP contribution >= 0.6 is 0 Å². The van der Waals surface area contributed by atoms with Gasteiger partial charge in [-0.05, 0) is 47.2 Å². The summed E-state index contributed by atoms with van der Waals surface area (Å²) >= 11 is 0. The molecule has 4 rings (SSSR count). The Morgan fingerprint density at radius 3 is 1.40 bits per heavy atom. The first-order chi connectivity index (χ1) is 16.6. The van der Waals surface area contributed by atoms with E-state index in [1.165, 1.54) is 0 Å². The maximum atomic E-state index is 12.8. The van der Waals surface area contributed by atoms with Crippen molar-refractivity contribution in [3.05, 3.63) is 79.5 Å². The lowest BCUT2D eigenvalue weighted by Crippen LogP contribution is -2.21. The van der Waals surface area contributed by atoms with Crippen LogP contribution in [0.15, 0.2) is 54.8 Å². The zero-order valence-corrected chi connectivity index (χ0v) is 20.2. The van der Waals surface area contributed by atoms with Crippen LogP contribution in [0.5, 0.6) is 11.5 Å². The third-order valence-corrected chi connectivity index (χ3v) is 5.96. The van der Waals surface area contributed by atoms with Crippen molar-refractivity contribution in [2.45, 2.75) is 45.4 Å².